The van der Waals surface area contributed by atoms with E-state index in [2.05, 4.69) is 22.5 Å². The number of nitrogens with zero attached hydrogens (tertiary/aromatic N) is 1. The number of nitrogens with one attached hydrogen (secondary N) is 2. The van der Waals surface area contributed by atoms with E-state index in [0.29, 0.717) is 19.8 Å². The minimum atomic E-state index is 0. The largest absolute Gasteiger partial charge is 0.490 e. The minimum absolute atomic E-state index is 0. The number of halogens is 1. The van der Waals surface area contributed by atoms with Crippen molar-refractivity contribution in [1.29, 1.82) is 0 Å². The maximum Gasteiger partial charge on any atom is 0.195 e. The number of ether oxygens (including phenoxy) is 3. The average Bonchev–Trinajstić information content (AvgIpc) is 2.97. The summed E-state index contributed by atoms with van der Waals surface area (Å²) >= 11 is 0. The van der Waals surface area contributed by atoms with Gasteiger partial charge in [0.25, 0.3) is 0 Å². The molecule has 0 saturated carbocycles. The van der Waals surface area contributed by atoms with Crippen molar-refractivity contribution in [2.45, 2.75) is 32.3 Å². The summed E-state index contributed by atoms with van der Waals surface area (Å²) in [5, 5.41) is 6.58. The molecule has 1 atom stereocenters. The molecular weight excluding hydrogens is 421 g/mol. The fraction of sp³-hybridized carbons (Fsp3) is 0.588. The van der Waals surface area contributed by atoms with Crippen molar-refractivity contribution in [3.63, 3.8) is 0 Å². The molecule has 2 aliphatic rings. The molecule has 0 aliphatic carbocycles. The Kier molecular flexibility index (Phi) is 7.90. The number of fused-ring (bicyclic) bond motifs is 1. The van der Waals surface area contributed by atoms with Gasteiger partial charge in [0.05, 0.1) is 25.9 Å². The Bertz CT molecular complexity index is 548. The molecule has 1 saturated heterocycles. The van der Waals surface area contributed by atoms with Crippen LogP contribution < -0.4 is 20.1 Å². The van der Waals surface area contributed by atoms with Crippen molar-refractivity contribution < 1.29 is 14.2 Å². The predicted octanol–water partition coefficient (Wildman–Crippen LogP) is 3.02. The highest BCUT2D eigenvalue weighted by atomic mass is 127. The summed E-state index contributed by atoms with van der Waals surface area (Å²) in [6, 6.07) is 5.87. The Morgan fingerprint density at radius 3 is 2.75 bits per heavy atom. The molecule has 1 unspecified atom stereocenters. The van der Waals surface area contributed by atoms with E-state index in [4.69, 9.17) is 14.2 Å². The molecule has 1 fully saturated rings. The zero-order valence-corrected chi connectivity index (χ0v) is 16.4. The molecular formula is C17H26IN3O3. The maximum absolute atomic E-state index is 5.73. The number of hydrogen-bond donors (Lipinski definition) is 2. The number of hydrogen-bond acceptors (Lipinski definition) is 4. The van der Waals surface area contributed by atoms with Gasteiger partial charge in [-0.05, 0) is 31.9 Å². The second kappa shape index (κ2) is 9.93. The molecule has 0 aromatic heterocycles. The molecule has 3 rings (SSSR count). The van der Waals surface area contributed by atoms with E-state index in [1.165, 1.54) is 0 Å². The quantitative estimate of drug-likeness (QED) is 0.422. The van der Waals surface area contributed by atoms with E-state index >= 15 is 0 Å². The Labute approximate surface area is 160 Å². The van der Waals surface area contributed by atoms with Crippen molar-refractivity contribution in [2.75, 3.05) is 38.2 Å². The molecule has 0 spiro atoms. The van der Waals surface area contributed by atoms with Gasteiger partial charge in [0.15, 0.2) is 17.5 Å². The van der Waals surface area contributed by atoms with Crippen LogP contribution in [-0.4, -0.2) is 45.0 Å². The monoisotopic (exact) mass is 447 g/mol. The van der Waals surface area contributed by atoms with Gasteiger partial charge in [-0.25, -0.2) is 0 Å². The van der Waals surface area contributed by atoms with Gasteiger partial charge in [0.1, 0.15) is 0 Å². The van der Waals surface area contributed by atoms with Crippen LogP contribution in [0.4, 0.5) is 5.69 Å². The Hall–Kier alpha value is -1.22. The summed E-state index contributed by atoms with van der Waals surface area (Å²) in [6.07, 6.45) is 3.37. The topological polar surface area (TPSA) is 64.1 Å². The summed E-state index contributed by atoms with van der Waals surface area (Å²) in [5.41, 5.74) is 0.932. The first-order chi connectivity index (χ1) is 11.3. The van der Waals surface area contributed by atoms with Gasteiger partial charge in [0.2, 0.25) is 0 Å². The van der Waals surface area contributed by atoms with Crippen LogP contribution in [0.15, 0.2) is 23.2 Å². The fourth-order valence-corrected chi connectivity index (χ4v) is 2.67. The van der Waals surface area contributed by atoms with Gasteiger partial charge in [-0.1, -0.05) is 0 Å². The van der Waals surface area contributed by atoms with Crippen molar-refractivity contribution in [3.05, 3.63) is 18.2 Å². The number of aliphatic imine (C=N–C) groups is 1. The Morgan fingerprint density at radius 2 is 2.00 bits per heavy atom. The zero-order valence-electron chi connectivity index (χ0n) is 14.0. The molecule has 134 valence electrons. The van der Waals surface area contributed by atoms with Crippen LogP contribution in [0.25, 0.3) is 0 Å². The van der Waals surface area contributed by atoms with Crippen LogP contribution in [0.5, 0.6) is 11.5 Å². The molecule has 2 heterocycles. The van der Waals surface area contributed by atoms with Crippen LogP contribution in [-0.2, 0) is 4.74 Å². The predicted molar refractivity (Wildman–Crippen MR) is 106 cm³/mol. The number of benzene rings is 1. The highest BCUT2D eigenvalue weighted by Crippen LogP contribution is 2.32. The number of guanidine groups is 1. The van der Waals surface area contributed by atoms with E-state index in [1.54, 1.807) is 0 Å². The number of rotatable bonds is 4. The third kappa shape index (κ3) is 5.41. The van der Waals surface area contributed by atoms with E-state index < -0.39 is 0 Å². The average molecular weight is 447 g/mol. The molecule has 2 aliphatic heterocycles. The first-order valence-corrected chi connectivity index (χ1v) is 8.42. The van der Waals surface area contributed by atoms with Gasteiger partial charge in [0, 0.05) is 31.3 Å². The zero-order chi connectivity index (χ0) is 15.9. The first kappa shape index (κ1) is 19.1. The highest BCUT2D eigenvalue weighted by Gasteiger charge is 2.15. The second-order valence-corrected chi connectivity index (χ2v) is 5.69. The molecule has 0 amide bonds. The van der Waals surface area contributed by atoms with Crippen LogP contribution in [0.3, 0.4) is 0 Å². The molecule has 24 heavy (non-hydrogen) atoms. The summed E-state index contributed by atoms with van der Waals surface area (Å²) in [5.74, 6) is 2.34. The lowest BCUT2D eigenvalue weighted by molar-refractivity contribution is 0.118. The van der Waals surface area contributed by atoms with Gasteiger partial charge < -0.3 is 24.8 Å². The lowest BCUT2D eigenvalue weighted by Crippen LogP contribution is -2.31. The Balaban J connectivity index is 0.00000208. The summed E-state index contributed by atoms with van der Waals surface area (Å²) < 4.78 is 17.0. The summed E-state index contributed by atoms with van der Waals surface area (Å²) in [6.45, 7) is 5.78. The molecule has 0 bridgehead atoms. The molecule has 1 aromatic rings. The molecule has 6 nitrogen and oxygen atoms in total. The van der Waals surface area contributed by atoms with Crippen LogP contribution >= 0.6 is 24.0 Å². The molecule has 1 aromatic carbocycles. The standard InChI is InChI=1S/C17H25N3O3.HI/c1-2-18-17(19-12-14-5-3-8-21-14)20-13-6-7-15-16(11-13)23-10-4-9-22-15;/h6-7,11,14H,2-5,8-10,12H2,1H3,(H2,18,19,20);1H. The van der Waals surface area contributed by atoms with Gasteiger partial charge in [-0.3, -0.25) is 4.99 Å². The van der Waals surface area contributed by atoms with Gasteiger partial charge in [-0.2, -0.15) is 0 Å². The fourth-order valence-electron chi connectivity index (χ4n) is 2.67. The third-order valence-corrected chi connectivity index (χ3v) is 3.83. The third-order valence-electron chi connectivity index (χ3n) is 3.83. The molecule has 7 heteroatoms. The smallest absolute Gasteiger partial charge is 0.195 e. The number of anilines is 1. The van der Waals surface area contributed by atoms with E-state index in [1.807, 2.05) is 18.2 Å². The van der Waals surface area contributed by atoms with Gasteiger partial charge >= 0.3 is 0 Å². The SMILES string of the molecule is CCNC(=NCC1CCCO1)Nc1ccc2c(c1)OCCCO2.I. The molecule has 0 radical (unpaired) electrons. The maximum atomic E-state index is 5.73. The van der Waals surface area contributed by atoms with Gasteiger partial charge in [-0.15, -0.1) is 24.0 Å². The lowest BCUT2D eigenvalue weighted by atomic mass is 10.2. The van der Waals surface area contributed by atoms with E-state index in [0.717, 1.165) is 55.6 Å². The van der Waals surface area contributed by atoms with Crippen molar-refractivity contribution >= 4 is 35.6 Å². The van der Waals surface area contributed by atoms with Crippen LogP contribution in [0.2, 0.25) is 0 Å². The minimum Gasteiger partial charge on any atom is -0.490 e. The normalized spacial score (nSPS) is 20.0. The van der Waals surface area contributed by atoms with Crippen LogP contribution in [0.1, 0.15) is 26.2 Å². The summed E-state index contributed by atoms with van der Waals surface area (Å²) in [4.78, 5) is 4.62. The second-order valence-electron chi connectivity index (χ2n) is 5.69. The van der Waals surface area contributed by atoms with E-state index in [9.17, 15) is 0 Å². The van der Waals surface area contributed by atoms with E-state index in [-0.39, 0.29) is 30.1 Å². The summed E-state index contributed by atoms with van der Waals surface area (Å²) in [7, 11) is 0. The van der Waals surface area contributed by atoms with Crippen molar-refractivity contribution in [1.82, 2.24) is 5.32 Å². The molecule has 2 N–H and O–H groups in total. The lowest BCUT2D eigenvalue weighted by Gasteiger charge is -2.14. The van der Waals surface area contributed by atoms with Crippen molar-refractivity contribution in [2.24, 2.45) is 4.99 Å². The first-order valence-electron chi connectivity index (χ1n) is 8.42. The highest BCUT2D eigenvalue weighted by molar-refractivity contribution is 14.0. The van der Waals surface area contributed by atoms with Crippen LogP contribution in [0, 0.1) is 0 Å². The van der Waals surface area contributed by atoms with Crippen molar-refractivity contribution in [3.8, 4) is 11.5 Å². The Morgan fingerprint density at radius 1 is 1.17 bits per heavy atom.